The highest BCUT2D eigenvalue weighted by Gasteiger charge is 2.21. The van der Waals surface area contributed by atoms with Crippen LogP contribution in [0.25, 0.3) is 0 Å². The van der Waals surface area contributed by atoms with Crippen LogP contribution < -0.4 is 9.54 Å². The number of thiazole rings is 1. The van der Waals surface area contributed by atoms with Gasteiger partial charge in [-0.25, -0.2) is 0 Å². The third-order valence-electron chi connectivity index (χ3n) is 4.97. The number of aryl methyl sites for hydroxylation is 1. The number of methoxy groups -OCH3 is 1. The lowest BCUT2D eigenvalue weighted by Crippen LogP contribution is -2.49. The number of ether oxygens (including phenoxy) is 1. The second-order valence-electron chi connectivity index (χ2n) is 6.71. The van der Waals surface area contributed by atoms with E-state index in [1.165, 1.54) is 11.3 Å². The van der Waals surface area contributed by atoms with Gasteiger partial charge in [0.25, 0.3) is 5.91 Å². The molecule has 1 aromatic carbocycles. The van der Waals surface area contributed by atoms with Crippen molar-refractivity contribution in [3.8, 4) is 5.75 Å². The van der Waals surface area contributed by atoms with Crippen molar-refractivity contribution in [2.75, 3.05) is 39.8 Å². The van der Waals surface area contributed by atoms with Crippen LogP contribution in [0.5, 0.6) is 5.75 Å². The van der Waals surface area contributed by atoms with Crippen molar-refractivity contribution in [2.24, 2.45) is 4.99 Å². The number of nitrogens with zero attached hydrogens (tertiary/aromatic N) is 4. The van der Waals surface area contributed by atoms with E-state index in [4.69, 9.17) is 4.74 Å². The third kappa shape index (κ3) is 4.69. The Kier molecular flexibility index (Phi) is 6.64. The zero-order chi connectivity index (χ0) is 20.1. The van der Waals surface area contributed by atoms with Crippen molar-refractivity contribution in [2.45, 2.75) is 20.4 Å². The van der Waals surface area contributed by atoms with Crippen molar-refractivity contribution in [3.63, 3.8) is 0 Å². The number of amides is 2. The highest BCUT2D eigenvalue weighted by atomic mass is 32.1. The van der Waals surface area contributed by atoms with E-state index in [0.29, 0.717) is 16.1 Å². The summed E-state index contributed by atoms with van der Waals surface area (Å²) in [5, 5.41) is 1.92. The van der Waals surface area contributed by atoms with Crippen molar-refractivity contribution in [1.29, 1.82) is 0 Å². The molecule has 1 aliphatic rings. The zero-order valence-electron chi connectivity index (χ0n) is 16.6. The minimum Gasteiger partial charge on any atom is -0.497 e. The first-order chi connectivity index (χ1) is 13.5. The lowest BCUT2D eigenvalue weighted by molar-refractivity contribution is -0.133. The normalized spacial score (nSPS) is 15.7. The Morgan fingerprint density at radius 2 is 1.96 bits per heavy atom. The number of hydrogen-bond donors (Lipinski definition) is 0. The van der Waals surface area contributed by atoms with Crippen LogP contribution in [-0.4, -0.2) is 66.0 Å². The lowest BCUT2D eigenvalue weighted by Gasteiger charge is -2.34. The molecule has 7 nitrogen and oxygen atoms in total. The summed E-state index contributed by atoms with van der Waals surface area (Å²) in [7, 11) is 1.56. The van der Waals surface area contributed by atoms with Gasteiger partial charge >= 0.3 is 0 Å². The van der Waals surface area contributed by atoms with E-state index in [9.17, 15) is 9.59 Å². The molecule has 0 unspecified atom stereocenters. The first kappa shape index (κ1) is 20.3. The van der Waals surface area contributed by atoms with Gasteiger partial charge in [-0.3, -0.25) is 9.59 Å². The number of carbonyl (C=O) groups excluding carboxylic acids is 2. The monoisotopic (exact) mass is 402 g/mol. The molecule has 150 valence electrons. The zero-order valence-corrected chi connectivity index (χ0v) is 17.4. The van der Waals surface area contributed by atoms with Gasteiger partial charge < -0.3 is 19.1 Å². The molecule has 0 saturated carbocycles. The lowest BCUT2D eigenvalue weighted by atomic mass is 10.2. The summed E-state index contributed by atoms with van der Waals surface area (Å²) < 4.78 is 6.99. The van der Waals surface area contributed by atoms with Crippen molar-refractivity contribution < 1.29 is 14.3 Å². The Balaban J connectivity index is 1.77. The summed E-state index contributed by atoms with van der Waals surface area (Å²) in [4.78, 5) is 34.3. The number of rotatable bonds is 5. The summed E-state index contributed by atoms with van der Waals surface area (Å²) in [6.07, 6.45) is 0. The van der Waals surface area contributed by atoms with Crippen LogP contribution in [0.15, 0.2) is 34.6 Å². The second-order valence-corrected chi connectivity index (χ2v) is 7.55. The van der Waals surface area contributed by atoms with Crippen LogP contribution in [0.1, 0.15) is 23.0 Å². The summed E-state index contributed by atoms with van der Waals surface area (Å²) in [5.41, 5.74) is 1.38. The molecule has 0 spiro atoms. The fourth-order valence-electron chi connectivity index (χ4n) is 3.15. The minimum atomic E-state index is -0.349. The van der Waals surface area contributed by atoms with E-state index in [0.717, 1.165) is 38.4 Å². The molecule has 28 heavy (non-hydrogen) atoms. The second kappa shape index (κ2) is 9.16. The number of benzene rings is 1. The number of hydrogen-bond acceptors (Lipinski definition) is 5. The van der Waals surface area contributed by atoms with Gasteiger partial charge in [-0.1, -0.05) is 13.0 Å². The summed E-state index contributed by atoms with van der Waals surface area (Å²) in [6, 6.07) is 6.91. The molecule has 0 bridgehead atoms. The van der Waals surface area contributed by atoms with Gasteiger partial charge in [0.1, 0.15) is 12.3 Å². The summed E-state index contributed by atoms with van der Waals surface area (Å²) in [6.45, 7) is 8.56. The highest BCUT2D eigenvalue weighted by molar-refractivity contribution is 7.07. The van der Waals surface area contributed by atoms with Crippen LogP contribution in [0.3, 0.4) is 0 Å². The topological polar surface area (TPSA) is 67.1 Å². The van der Waals surface area contributed by atoms with Gasteiger partial charge in [-0.15, -0.1) is 11.3 Å². The van der Waals surface area contributed by atoms with Gasteiger partial charge in [-0.05, 0) is 31.7 Å². The van der Waals surface area contributed by atoms with Crippen LogP contribution in [0.4, 0.5) is 0 Å². The largest absolute Gasteiger partial charge is 0.497 e. The van der Waals surface area contributed by atoms with Gasteiger partial charge in [0.05, 0.1) is 7.11 Å². The first-order valence-corrected chi connectivity index (χ1v) is 10.3. The smallest absolute Gasteiger partial charge is 0.279 e. The fraction of sp³-hybridized carbons (Fsp3) is 0.450. The molecule has 8 heteroatoms. The number of aromatic nitrogens is 1. The Hall–Kier alpha value is -2.45. The molecule has 1 saturated heterocycles. The van der Waals surface area contributed by atoms with Crippen LogP contribution in [0, 0.1) is 6.92 Å². The van der Waals surface area contributed by atoms with E-state index >= 15 is 0 Å². The van der Waals surface area contributed by atoms with Crippen LogP contribution >= 0.6 is 11.3 Å². The average molecular weight is 403 g/mol. The van der Waals surface area contributed by atoms with E-state index in [-0.39, 0.29) is 18.4 Å². The van der Waals surface area contributed by atoms with E-state index in [2.05, 4.69) is 16.8 Å². The molecular formula is C20H26N4O3S. The Labute approximate surface area is 168 Å². The molecule has 1 fully saturated rings. The third-order valence-corrected chi connectivity index (χ3v) is 5.95. The average Bonchev–Trinajstić information content (AvgIpc) is 3.07. The molecular weight excluding hydrogens is 376 g/mol. The number of carbonyl (C=O) groups is 2. The maximum absolute atomic E-state index is 12.8. The minimum absolute atomic E-state index is 0.0625. The maximum atomic E-state index is 12.8. The first-order valence-electron chi connectivity index (χ1n) is 9.40. The molecule has 0 aliphatic carbocycles. The summed E-state index contributed by atoms with van der Waals surface area (Å²) in [5.74, 6) is 0.323. The fourth-order valence-corrected chi connectivity index (χ4v) is 4.03. The standard InChI is InChI=1S/C20H26N4O3S/c1-4-22-8-10-23(11-9-22)18(25)13-24-15(2)14-28-20(24)21-19(26)16-6-5-7-17(12-16)27-3/h5-7,12,14H,4,8-11,13H2,1-3H3. The Morgan fingerprint density at radius 3 is 2.64 bits per heavy atom. The van der Waals surface area contributed by atoms with Crippen molar-refractivity contribution in [1.82, 2.24) is 14.4 Å². The highest BCUT2D eigenvalue weighted by Crippen LogP contribution is 2.13. The molecule has 2 amide bonds. The van der Waals surface area contributed by atoms with Gasteiger partial charge in [0.15, 0.2) is 4.80 Å². The Bertz CT molecular complexity index is 910. The SMILES string of the molecule is CCN1CCN(C(=O)Cn2c(C)csc2=NC(=O)c2cccc(OC)c2)CC1. The number of likely N-dealkylation sites (N-methyl/N-ethyl adjacent to an activating group) is 1. The van der Waals surface area contributed by atoms with Crippen LogP contribution in [0.2, 0.25) is 0 Å². The van der Waals surface area contributed by atoms with E-state index < -0.39 is 0 Å². The molecule has 2 heterocycles. The molecule has 3 rings (SSSR count). The van der Waals surface area contributed by atoms with Crippen molar-refractivity contribution >= 4 is 23.2 Å². The van der Waals surface area contributed by atoms with Gasteiger partial charge in [0, 0.05) is 42.8 Å². The molecule has 0 radical (unpaired) electrons. The molecule has 0 N–H and O–H groups in total. The van der Waals surface area contributed by atoms with Crippen LogP contribution in [-0.2, 0) is 11.3 Å². The maximum Gasteiger partial charge on any atom is 0.279 e. The quantitative estimate of drug-likeness (QED) is 0.765. The molecule has 1 aliphatic heterocycles. The predicted octanol–water partition coefficient (Wildman–Crippen LogP) is 1.77. The predicted molar refractivity (Wildman–Crippen MR) is 109 cm³/mol. The molecule has 0 atom stereocenters. The molecule has 2 aromatic rings. The van der Waals surface area contributed by atoms with E-state index in [1.54, 1.807) is 31.4 Å². The molecule has 1 aromatic heterocycles. The number of piperazine rings is 1. The Morgan fingerprint density at radius 1 is 1.21 bits per heavy atom. The summed E-state index contributed by atoms with van der Waals surface area (Å²) >= 11 is 1.37. The van der Waals surface area contributed by atoms with Gasteiger partial charge in [-0.2, -0.15) is 4.99 Å². The van der Waals surface area contributed by atoms with E-state index in [1.807, 2.05) is 21.8 Å². The van der Waals surface area contributed by atoms with Crippen molar-refractivity contribution in [3.05, 3.63) is 45.7 Å². The van der Waals surface area contributed by atoms with Gasteiger partial charge in [0.2, 0.25) is 5.91 Å².